The molecule has 160 valence electrons. The third-order valence-electron chi connectivity index (χ3n) is 6.43. The Morgan fingerprint density at radius 1 is 1.13 bits per heavy atom. The first-order chi connectivity index (χ1) is 15.0. The molecule has 0 saturated carbocycles. The monoisotopic (exact) mass is 421 g/mol. The summed E-state index contributed by atoms with van der Waals surface area (Å²) >= 11 is 0. The highest BCUT2D eigenvalue weighted by molar-refractivity contribution is 5.74. The van der Waals surface area contributed by atoms with Crippen LogP contribution in [0.3, 0.4) is 0 Å². The van der Waals surface area contributed by atoms with Gasteiger partial charge in [-0.15, -0.1) is 0 Å². The van der Waals surface area contributed by atoms with Gasteiger partial charge in [0.05, 0.1) is 24.1 Å². The van der Waals surface area contributed by atoms with Crippen molar-refractivity contribution >= 4 is 5.82 Å². The Morgan fingerprint density at radius 2 is 1.97 bits per heavy atom. The summed E-state index contributed by atoms with van der Waals surface area (Å²) in [4.78, 5) is 24.9. The van der Waals surface area contributed by atoms with Gasteiger partial charge in [0.2, 0.25) is 5.56 Å². The SMILES string of the molecule is CN(c1cnc(-c2ccc(-c3cc[nH]c(=O)c3)cc2O)cn1)[C@H]1CC2CCC(N2)[C@H]1F. The van der Waals surface area contributed by atoms with Crippen molar-refractivity contribution in [1.29, 1.82) is 0 Å². The smallest absolute Gasteiger partial charge is 0.248 e. The van der Waals surface area contributed by atoms with E-state index in [0.29, 0.717) is 28.7 Å². The maximum atomic E-state index is 14.9. The van der Waals surface area contributed by atoms with E-state index in [1.165, 1.54) is 6.07 Å². The molecule has 4 atom stereocenters. The number of phenols is 1. The molecule has 0 radical (unpaired) electrons. The summed E-state index contributed by atoms with van der Waals surface area (Å²) in [6.45, 7) is 0. The quantitative estimate of drug-likeness (QED) is 0.600. The van der Waals surface area contributed by atoms with Crippen LogP contribution in [0, 0.1) is 0 Å². The number of H-pyrrole nitrogens is 1. The first-order valence-corrected chi connectivity index (χ1v) is 10.5. The molecule has 8 heteroatoms. The summed E-state index contributed by atoms with van der Waals surface area (Å²) in [5, 5.41) is 13.9. The van der Waals surface area contributed by atoms with Gasteiger partial charge in [0.25, 0.3) is 0 Å². The van der Waals surface area contributed by atoms with Gasteiger partial charge >= 0.3 is 0 Å². The number of benzene rings is 1. The molecular formula is C23H24FN5O2. The summed E-state index contributed by atoms with van der Waals surface area (Å²) in [5.41, 5.74) is 2.30. The number of nitrogens with zero attached hydrogens (tertiary/aromatic N) is 3. The Hall–Kier alpha value is -3.26. The van der Waals surface area contributed by atoms with Crippen molar-refractivity contribution in [1.82, 2.24) is 20.3 Å². The molecule has 2 aromatic heterocycles. The van der Waals surface area contributed by atoms with E-state index in [0.717, 1.165) is 24.8 Å². The number of alkyl halides is 1. The van der Waals surface area contributed by atoms with E-state index >= 15 is 0 Å². The zero-order chi connectivity index (χ0) is 21.5. The highest BCUT2D eigenvalue weighted by Crippen LogP contribution is 2.34. The van der Waals surface area contributed by atoms with Gasteiger partial charge in [-0.3, -0.25) is 9.78 Å². The van der Waals surface area contributed by atoms with Crippen molar-refractivity contribution in [2.45, 2.75) is 43.6 Å². The van der Waals surface area contributed by atoms with E-state index in [-0.39, 0.29) is 23.4 Å². The minimum atomic E-state index is -0.938. The van der Waals surface area contributed by atoms with Crippen LogP contribution in [0.2, 0.25) is 0 Å². The molecule has 31 heavy (non-hydrogen) atoms. The Labute approximate surface area is 179 Å². The van der Waals surface area contributed by atoms with Crippen LogP contribution in [-0.4, -0.2) is 51.4 Å². The number of aromatic amines is 1. The highest BCUT2D eigenvalue weighted by Gasteiger charge is 2.43. The second kappa shape index (κ2) is 7.77. The number of piperidine rings is 1. The fourth-order valence-corrected chi connectivity index (χ4v) is 4.71. The summed E-state index contributed by atoms with van der Waals surface area (Å²) in [5.74, 6) is 0.657. The highest BCUT2D eigenvalue weighted by atomic mass is 19.1. The minimum Gasteiger partial charge on any atom is -0.507 e. The van der Waals surface area contributed by atoms with Crippen LogP contribution >= 0.6 is 0 Å². The third-order valence-corrected chi connectivity index (χ3v) is 6.43. The largest absolute Gasteiger partial charge is 0.507 e. The summed E-state index contributed by atoms with van der Waals surface area (Å²) in [6.07, 6.45) is 6.50. The predicted octanol–water partition coefficient (Wildman–Crippen LogP) is 2.87. The van der Waals surface area contributed by atoms with Crippen LogP contribution in [0.25, 0.3) is 22.4 Å². The van der Waals surface area contributed by atoms with Gasteiger partial charge in [0.1, 0.15) is 17.7 Å². The number of phenolic OH excluding ortho intramolecular Hbond substituents is 1. The summed E-state index contributed by atoms with van der Waals surface area (Å²) in [6, 6.07) is 8.49. The molecule has 3 N–H and O–H groups in total. The molecule has 2 bridgehead atoms. The summed E-state index contributed by atoms with van der Waals surface area (Å²) < 4.78 is 14.9. The number of pyridine rings is 1. The van der Waals surface area contributed by atoms with Crippen molar-refractivity contribution in [2.75, 3.05) is 11.9 Å². The molecule has 0 spiro atoms. The van der Waals surface area contributed by atoms with Crippen LogP contribution in [0.15, 0.2) is 53.7 Å². The zero-order valence-corrected chi connectivity index (χ0v) is 17.1. The molecule has 3 aromatic rings. The molecule has 2 aliphatic rings. The normalized spacial score (nSPS) is 24.8. The number of halogens is 1. The molecule has 2 aliphatic heterocycles. The zero-order valence-electron chi connectivity index (χ0n) is 17.1. The van der Waals surface area contributed by atoms with E-state index in [1.54, 1.807) is 36.8 Å². The number of anilines is 1. The number of rotatable bonds is 4. The number of hydrogen-bond acceptors (Lipinski definition) is 6. The van der Waals surface area contributed by atoms with Gasteiger partial charge < -0.3 is 20.3 Å². The maximum absolute atomic E-state index is 14.9. The molecule has 0 aliphatic carbocycles. The molecule has 1 aromatic carbocycles. The van der Waals surface area contributed by atoms with E-state index < -0.39 is 6.17 Å². The lowest BCUT2D eigenvalue weighted by molar-refractivity contribution is 0.176. The lowest BCUT2D eigenvalue weighted by Gasteiger charge is -2.38. The fourth-order valence-electron chi connectivity index (χ4n) is 4.71. The molecule has 4 heterocycles. The Kier molecular flexibility index (Phi) is 4.94. The average molecular weight is 421 g/mol. The molecule has 7 nitrogen and oxygen atoms in total. The van der Waals surface area contributed by atoms with Crippen LogP contribution in [0.1, 0.15) is 19.3 Å². The first kappa shape index (κ1) is 19.7. The lowest BCUT2D eigenvalue weighted by atomic mass is 9.96. The van der Waals surface area contributed by atoms with E-state index in [1.807, 2.05) is 18.0 Å². The Morgan fingerprint density at radius 3 is 2.71 bits per heavy atom. The fraction of sp³-hybridized carbons (Fsp3) is 0.348. The van der Waals surface area contributed by atoms with E-state index in [9.17, 15) is 14.3 Å². The maximum Gasteiger partial charge on any atom is 0.248 e. The van der Waals surface area contributed by atoms with Gasteiger partial charge in [-0.05, 0) is 48.6 Å². The van der Waals surface area contributed by atoms with Crippen molar-refractivity contribution in [3.05, 3.63) is 59.3 Å². The van der Waals surface area contributed by atoms with E-state index in [4.69, 9.17) is 0 Å². The third kappa shape index (κ3) is 3.67. The topological polar surface area (TPSA) is 94.1 Å². The lowest BCUT2D eigenvalue weighted by Crippen LogP contribution is -2.55. The number of aromatic hydroxyl groups is 1. The average Bonchev–Trinajstić information content (AvgIpc) is 3.19. The van der Waals surface area contributed by atoms with Crippen LogP contribution in [0.5, 0.6) is 5.75 Å². The second-order valence-electron chi connectivity index (χ2n) is 8.34. The van der Waals surface area contributed by atoms with Gasteiger partial charge in [0, 0.05) is 37.0 Å². The number of aromatic nitrogens is 3. The van der Waals surface area contributed by atoms with Crippen LogP contribution in [-0.2, 0) is 0 Å². The van der Waals surface area contributed by atoms with Gasteiger partial charge in [-0.2, -0.15) is 0 Å². The van der Waals surface area contributed by atoms with Gasteiger partial charge in [0.15, 0.2) is 0 Å². The molecule has 2 fully saturated rings. The van der Waals surface area contributed by atoms with Crippen LogP contribution < -0.4 is 15.8 Å². The van der Waals surface area contributed by atoms with Crippen molar-refractivity contribution in [3.63, 3.8) is 0 Å². The predicted molar refractivity (Wildman–Crippen MR) is 117 cm³/mol. The van der Waals surface area contributed by atoms with Gasteiger partial charge in [-0.25, -0.2) is 9.37 Å². The molecule has 2 saturated heterocycles. The second-order valence-corrected chi connectivity index (χ2v) is 8.34. The Balaban J connectivity index is 1.37. The molecule has 5 rings (SSSR count). The van der Waals surface area contributed by atoms with Gasteiger partial charge in [-0.1, -0.05) is 6.07 Å². The van der Waals surface area contributed by atoms with Crippen molar-refractivity contribution < 1.29 is 9.50 Å². The van der Waals surface area contributed by atoms with Crippen LogP contribution in [0.4, 0.5) is 10.2 Å². The molecule has 0 amide bonds. The standard InChI is InChI=1S/C23H24FN5O2/c1-29(19-10-15-3-5-17(28-15)23(19)24)21-12-26-18(11-27-21)16-4-2-13(8-20(16)30)14-6-7-25-22(31)9-14/h2,4,6-9,11-12,15,17,19,23,28,30H,3,5,10H2,1H3,(H,25,31)/t15?,17?,19-,23+/m0/s1. The van der Waals surface area contributed by atoms with E-state index in [2.05, 4.69) is 20.3 Å². The van der Waals surface area contributed by atoms with Crippen molar-refractivity contribution in [2.24, 2.45) is 0 Å². The Bertz CT molecular complexity index is 1150. The summed E-state index contributed by atoms with van der Waals surface area (Å²) in [7, 11) is 1.86. The molecular weight excluding hydrogens is 397 g/mol. The molecule has 2 unspecified atom stereocenters. The number of nitrogens with one attached hydrogen (secondary N) is 2. The first-order valence-electron chi connectivity index (χ1n) is 10.5. The number of hydrogen-bond donors (Lipinski definition) is 3. The number of fused-ring (bicyclic) bond motifs is 2. The minimum absolute atomic E-state index is 0.0481. The van der Waals surface area contributed by atoms with Crippen molar-refractivity contribution in [3.8, 4) is 28.1 Å².